The number of benzene rings is 1. The van der Waals surface area contributed by atoms with E-state index in [2.05, 4.69) is 31.3 Å². The van der Waals surface area contributed by atoms with Crippen LogP contribution in [0.15, 0.2) is 24.3 Å². The number of halogens is 2. The van der Waals surface area contributed by atoms with Gasteiger partial charge in [-0.05, 0) is 30.9 Å². The fraction of sp³-hybridized carbons (Fsp3) is 0.571. The molecule has 0 aliphatic carbocycles. The molecule has 0 fully saturated rings. The van der Waals surface area contributed by atoms with Gasteiger partial charge in [-0.3, -0.25) is 0 Å². The summed E-state index contributed by atoms with van der Waals surface area (Å²) in [6.07, 6.45) is -2.33. The van der Waals surface area contributed by atoms with Crippen molar-refractivity contribution in [3.05, 3.63) is 35.4 Å². The monoisotopic (exact) mass is 241 g/mol. The smallest absolute Gasteiger partial charge is 0.253 e. The molecule has 1 rings (SSSR count). The Bertz CT molecular complexity index is 333. The van der Waals surface area contributed by atoms with Crippen LogP contribution in [0.2, 0.25) is 0 Å². The van der Waals surface area contributed by atoms with E-state index in [9.17, 15) is 8.78 Å². The van der Waals surface area contributed by atoms with Crippen molar-refractivity contribution in [1.29, 1.82) is 0 Å². The van der Waals surface area contributed by atoms with Gasteiger partial charge in [0.15, 0.2) is 0 Å². The van der Waals surface area contributed by atoms with E-state index in [1.807, 2.05) is 19.1 Å². The fourth-order valence-electron chi connectivity index (χ4n) is 1.73. The Morgan fingerprint density at radius 2 is 1.35 bits per heavy atom. The van der Waals surface area contributed by atoms with Crippen LogP contribution in [0.25, 0.3) is 0 Å². The summed E-state index contributed by atoms with van der Waals surface area (Å²) in [5.74, 6) is 0.493. The molecule has 2 unspecified atom stereocenters. The second-order valence-corrected chi connectivity index (χ2v) is 4.83. The van der Waals surface area contributed by atoms with Gasteiger partial charge in [-0.25, -0.2) is 8.78 Å². The Morgan fingerprint density at radius 3 is 1.76 bits per heavy atom. The second kappa shape index (κ2) is 6.10. The van der Waals surface area contributed by atoms with Gasteiger partial charge in [0.05, 0.1) is 6.04 Å². The van der Waals surface area contributed by atoms with Gasteiger partial charge in [0, 0.05) is 6.04 Å². The molecule has 1 aromatic rings. The molecule has 0 bridgehead atoms. The van der Waals surface area contributed by atoms with Crippen LogP contribution in [0.5, 0.6) is 0 Å². The first-order valence-corrected chi connectivity index (χ1v) is 6.06. The standard InChI is InChI=1S/C14H21F2N/c1-9(2)12-5-7-13(8-6-12)10(3)17-11(4)14(15)16/h5-11,14,17H,1-4H3. The van der Waals surface area contributed by atoms with Gasteiger partial charge >= 0.3 is 0 Å². The summed E-state index contributed by atoms with van der Waals surface area (Å²) >= 11 is 0. The normalized spacial score (nSPS) is 15.3. The van der Waals surface area contributed by atoms with E-state index in [4.69, 9.17) is 0 Å². The molecule has 0 aromatic heterocycles. The van der Waals surface area contributed by atoms with E-state index in [0.29, 0.717) is 5.92 Å². The average molecular weight is 241 g/mol. The van der Waals surface area contributed by atoms with Gasteiger partial charge in [0.2, 0.25) is 0 Å². The van der Waals surface area contributed by atoms with Crippen LogP contribution in [0.1, 0.15) is 50.8 Å². The highest BCUT2D eigenvalue weighted by Crippen LogP contribution is 2.19. The van der Waals surface area contributed by atoms with E-state index in [-0.39, 0.29) is 6.04 Å². The molecular weight excluding hydrogens is 220 g/mol. The minimum Gasteiger partial charge on any atom is -0.302 e. The molecule has 1 nitrogen and oxygen atoms in total. The molecule has 0 spiro atoms. The maximum absolute atomic E-state index is 12.4. The van der Waals surface area contributed by atoms with E-state index < -0.39 is 12.5 Å². The van der Waals surface area contributed by atoms with Crippen molar-refractivity contribution in [3.8, 4) is 0 Å². The summed E-state index contributed by atoms with van der Waals surface area (Å²) < 4.78 is 24.8. The topological polar surface area (TPSA) is 12.0 Å². The SMILES string of the molecule is CC(C)c1ccc(C(C)NC(C)C(F)F)cc1. The minimum atomic E-state index is -2.33. The van der Waals surface area contributed by atoms with Gasteiger partial charge in [0.25, 0.3) is 6.43 Å². The third-order valence-electron chi connectivity index (χ3n) is 2.99. The predicted molar refractivity (Wildman–Crippen MR) is 67.5 cm³/mol. The van der Waals surface area contributed by atoms with E-state index >= 15 is 0 Å². The van der Waals surface area contributed by atoms with Crippen molar-refractivity contribution in [1.82, 2.24) is 5.32 Å². The van der Waals surface area contributed by atoms with Crippen LogP contribution < -0.4 is 5.32 Å². The zero-order valence-corrected chi connectivity index (χ0v) is 10.9. The molecule has 0 aliphatic rings. The Hall–Kier alpha value is -0.960. The average Bonchev–Trinajstić information content (AvgIpc) is 2.28. The van der Waals surface area contributed by atoms with Crippen LogP contribution >= 0.6 is 0 Å². The molecule has 3 heteroatoms. The van der Waals surface area contributed by atoms with Crippen LogP contribution in [0, 0.1) is 0 Å². The van der Waals surface area contributed by atoms with Gasteiger partial charge < -0.3 is 5.32 Å². The van der Waals surface area contributed by atoms with Gasteiger partial charge in [-0.1, -0.05) is 38.1 Å². The second-order valence-electron chi connectivity index (χ2n) is 4.83. The number of nitrogens with one attached hydrogen (secondary N) is 1. The fourth-order valence-corrected chi connectivity index (χ4v) is 1.73. The Morgan fingerprint density at radius 1 is 0.882 bits per heavy atom. The molecule has 96 valence electrons. The van der Waals surface area contributed by atoms with Crippen LogP contribution in [0.4, 0.5) is 8.78 Å². The lowest BCUT2D eigenvalue weighted by Gasteiger charge is -2.20. The summed E-state index contributed by atoms with van der Waals surface area (Å²) in [5, 5.41) is 2.89. The van der Waals surface area contributed by atoms with Crippen molar-refractivity contribution < 1.29 is 8.78 Å². The van der Waals surface area contributed by atoms with E-state index in [0.717, 1.165) is 5.56 Å². The third-order valence-corrected chi connectivity index (χ3v) is 2.99. The lowest BCUT2D eigenvalue weighted by atomic mass is 9.99. The minimum absolute atomic E-state index is 0.0554. The largest absolute Gasteiger partial charge is 0.302 e. The van der Waals surface area contributed by atoms with Gasteiger partial charge in [0.1, 0.15) is 0 Å². The summed E-state index contributed by atoms with van der Waals surface area (Å²) in [7, 11) is 0. The lowest BCUT2D eigenvalue weighted by Crippen LogP contribution is -2.34. The highest BCUT2D eigenvalue weighted by atomic mass is 19.3. The molecule has 0 saturated carbocycles. The maximum Gasteiger partial charge on any atom is 0.253 e. The van der Waals surface area contributed by atoms with E-state index in [1.165, 1.54) is 12.5 Å². The molecule has 0 amide bonds. The quantitative estimate of drug-likeness (QED) is 0.818. The van der Waals surface area contributed by atoms with Gasteiger partial charge in [-0.2, -0.15) is 0 Å². The first kappa shape index (κ1) is 14.1. The van der Waals surface area contributed by atoms with Crippen molar-refractivity contribution in [3.63, 3.8) is 0 Å². The zero-order chi connectivity index (χ0) is 13.0. The predicted octanol–water partition coefficient (Wildman–Crippen LogP) is 4.11. The Kier molecular flexibility index (Phi) is 5.06. The Labute approximate surface area is 102 Å². The Balaban J connectivity index is 2.66. The van der Waals surface area contributed by atoms with Gasteiger partial charge in [-0.15, -0.1) is 0 Å². The van der Waals surface area contributed by atoms with Crippen LogP contribution in [-0.2, 0) is 0 Å². The van der Waals surface area contributed by atoms with Crippen LogP contribution in [-0.4, -0.2) is 12.5 Å². The van der Waals surface area contributed by atoms with Crippen molar-refractivity contribution in [2.24, 2.45) is 0 Å². The number of hydrogen-bond donors (Lipinski definition) is 1. The van der Waals surface area contributed by atoms with Crippen molar-refractivity contribution in [2.75, 3.05) is 0 Å². The molecule has 1 N–H and O–H groups in total. The molecule has 2 atom stereocenters. The first-order chi connectivity index (χ1) is 7.91. The number of rotatable bonds is 5. The summed E-state index contributed by atoms with van der Waals surface area (Å²) in [5.41, 5.74) is 2.31. The van der Waals surface area contributed by atoms with E-state index in [1.54, 1.807) is 0 Å². The van der Waals surface area contributed by atoms with Crippen molar-refractivity contribution in [2.45, 2.75) is 52.1 Å². The third kappa shape index (κ3) is 4.08. The molecule has 0 heterocycles. The highest BCUT2D eigenvalue weighted by molar-refractivity contribution is 5.26. The molecule has 0 aliphatic heterocycles. The summed E-state index contributed by atoms with van der Waals surface area (Å²) in [6, 6.07) is 7.29. The summed E-state index contributed by atoms with van der Waals surface area (Å²) in [6.45, 7) is 7.68. The molecule has 0 saturated heterocycles. The molecule has 0 radical (unpaired) electrons. The van der Waals surface area contributed by atoms with Crippen molar-refractivity contribution >= 4 is 0 Å². The summed E-state index contributed by atoms with van der Waals surface area (Å²) in [4.78, 5) is 0. The maximum atomic E-state index is 12.4. The molecular formula is C14H21F2N. The molecule has 17 heavy (non-hydrogen) atoms. The lowest BCUT2D eigenvalue weighted by molar-refractivity contribution is 0.101. The molecule has 1 aromatic carbocycles. The van der Waals surface area contributed by atoms with Crippen LogP contribution in [0.3, 0.4) is 0 Å². The zero-order valence-electron chi connectivity index (χ0n) is 10.9. The highest BCUT2D eigenvalue weighted by Gasteiger charge is 2.17. The number of hydrogen-bond acceptors (Lipinski definition) is 1. The first-order valence-electron chi connectivity index (χ1n) is 6.06. The number of alkyl halides is 2.